The van der Waals surface area contributed by atoms with E-state index >= 15 is 0 Å². The largest absolute Gasteiger partial charge is 0.299 e. The quantitative estimate of drug-likeness (QED) is 0.788. The Morgan fingerprint density at radius 1 is 1.04 bits per heavy atom. The molecule has 1 saturated heterocycles. The molecule has 0 N–H and O–H groups in total. The highest BCUT2D eigenvalue weighted by Gasteiger charge is 2.41. The first-order valence-corrected chi connectivity index (χ1v) is 9.28. The molecule has 2 aromatic rings. The van der Waals surface area contributed by atoms with Crippen LogP contribution in [0.25, 0.3) is 0 Å². The highest BCUT2D eigenvalue weighted by atomic mass is 15.1. The molecule has 0 saturated carbocycles. The minimum atomic E-state index is -0.0152. The van der Waals surface area contributed by atoms with E-state index in [1.165, 1.54) is 22.3 Å². The zero-order chi connectivity index (χ0) is 17.9. The lowest BCUT2D eigenvalue weighted by molar-refractivity contribution is 0.130. The summed E-state index contributed by atoms with van der Waals surface area (Å²) in [5.41, 5.74) is 5.31. The number of piperidine rings is 1. The number of benzene rings is 2. The summed E-state index contributed by atoms with van der Waals surface area (Å²) in [7, 11) is 0. The fourth-order valence-corrected chi connectivity index (χ4v) is 4.31. The van der Waals surface area contributed by atoms with Crippen LogP contribution in [-0.4, -0.2) is 18.0 Å². The van der Waals surface area contributed by atoms with Gasteiger partial charge in [-0.15, -0.1) is 0 Å². The minimum absolute atomic E-state index is 0.0152. The fraction of sp³-hybridized carbons (Fsp3) is 0.435. The number of hydrogen-bond acceptors (Lipinski definition) is 2. The van der Waals surface area contributed by atoms with Crippen LogP contribution >= 0.6 is 0 Å². The Bertz CT molecular complexity index is 729. The maximum absolute atomic E-state index is 9.69. The molecule has 0 spiro atoms. The van der Waals surface area contributed by atoms with Gasteiger partial charge in [-0.25, -0.2) is 0 Å². The molecular formula is C23H28N2. The summed E-state index contributed by atoms with van der Waals surface area (Å²) in [4.78, 5) is 2.53. The minimum Gasteiger partial charge on any atom is -0.299 e. The van der Waals surface area contributed by atoms with Crippen LogP contribution in [0.1, 0.15) is 42.0 Å². The molecule has 25 heavy (non-hydrogen) atoms. The van der Waals surface area contributed by atoms with Gasteiger partial charge in [0, 0.05) is 12.0 Å². The fourth-order valence-electron chi connectivity index (χ4n) is 4.31. The van der Waals surface area contributed by atoms with Crippen LogP contribution in [0.15, 0.2) is 48.5 Å². The van der Waals surface area contributed by atoms with Crippen LogP contribution in [0.2, 0.25) is 0 Å². The topological polar surface area (TPSA) is 27.0 Å². The van der Waals surface area contributed by atoms with Gasteiger partial charge in [-0.05, 0) is 57.8 Å². The number of hydrogen-bond donors (Lipinski definition) is 0. The Kier molecular flexibility index (Phi) is 5.25. The smallest absolute Gasteiger partial charge is 0.0662 e. The van der Waals surface area contributed by atoms with E-state index in [4.69, 9.17) is 0 Å². The van der Waals surface area contributed by atoms with Crippen LogP contribution in [0, 0.1) is 31.1 Å². The van der Waals surface area contributed by atoms with E-state index in [9.17, 15) is 5.26 Å². The van der Waals surface area contributed by atoms with Gasteiger partial charge in [0.15, 0.2) is 0 Å². The van der Waals surface area contributed by atoms with Crippen molar-refractivity contribution in [3.05, 3.63) is 70.8 Å². The van der Waals surface area contributed by atoms with Crippen LogP contribution in [0.4, 0.5) is 0 Å². The lowest BCUT2D eigenvalue weighted by Gasteiger charge is -2.44. The maximum atomic E-state index is 9.69. The molecule has 1 atom stereocenters. The van der Waals surface area contributed by atoms with Gasteiger partial charge < -0.3 is 0 Å². The van der Waals surface area contributed by atoms with Crippen LogP contribution in [-0.2, 0) is 12.0 Å². The van der Waals surface area contributed by atoms with Gasteiger partial charge in [0.05, 0.1) is 12.0 Å². The van der Waals surface area contributed by atoms with Gasteiger partial charge in [0.25, 0.3) is 0 Å². The summed E-state index contributed by atoms with van der Waals surface area (Å²) in [6, 6.07) is 20.1. The van der Waals surface area contributed by atoms with E-state index in [2.05, 4.69) is 80.3 Å². The van der Waals surface area contributed by atoms with E-state index in [0.717, 1.165) is 32.5 Å². The molecule has 2 heteroatoms. The van der Waals surface area contributed by atoms with Crippen molar-refractivity contribution in [2.45, 2.75) is 45.6 Å². The predicted octanol–water partition coefficient (Wildman–Crippen LogP) is 5.00. The van der Waals surface area contributed by atoms with Crippen LogP contribution in [0.5, 0.6) is 0 Å². The molecule has 2 nitrogen and oxygen atoms in total. The van der Waals surface area contributed by atoms with Crippen molar-refractivity contribution in [1.82, 2.24) is 4.90 Å². The van der Waals surface area contributed by atoms with E-state index in [1.807, 2.05) is 0 Å². The molecule has 1 fully saturated rings. The Morgan fingerprint density at radius 2 is 1.64 bits per heavy atom. The second kappa shape index (κ2) is 7.42. The predicted molar refractivity (Wildman–Crippen MR) is 103 cm³/mol. The van der Waals surface area contributed by atoms with E-state index in [-0.39, 0.29) is 11.3 Å². The highest BCUT2D eigenvalue weighted by molar-refractivity contribution is 5.36. The Labute approximate surface area is 152 Å². The monoisotopic (exact) mass is 332 g/mol. The van der Waals surface area contributed by atoms with Crippen LogP contribution in [0.3, 0.4) is 0 Å². The van der Waals surface area contributed by atoms with Gasteiger partial charge in [0.1, 0.15) is 0 Å². The number of likely N-dealkylation sites (tertiary alicyclic amines) is 1. The normalized spacial score (nSPS) is 18.5. The van der Waals surface area contributed by atoms with Gasteiger partial charge in [-0.2, -0.15) is 5.26 Å². The molecule has 0 aromatic heterocycles. The van der Waals surface area contributed by atoms with Gasteiger partial charge in [-0.1, -0.05) is 59.7 Å². The second-order valence-corrected chi connectivity index (χ2v) is 7.65. The summed E-state index contributed by atoms with van der Waals surface area (Å²) in [5, 5.41) is 9.69. The molecule has 0 bridgehead atoms. The van der Waals surface area contributed by atoms with E-state index in [1.54, 1.807) is 0 Å². The number of rotatable bonds is 4. The van der Waals surface area contributed by atoms with Crippen molar-refractivity contribution in [3.8, 4) is 6.07 Å². The van der Waals surface area contributed by atoms with E-state index in [0.29, 0.717) is 0 Å². The van der Waals surface area contributed by atoms with Crippen molar-refractivity contribution < 1.29 is 0 Å². The Morgan fingerprint density at radius 3 is 2.20 bits per heavy atom. The molecule has 1 unspecified atom stereocenters. The van der Waals surface area contributed by atoms with Crippen molar-refractivity contribution in [2.24, 2.45) is 5.92 Å². The molecule has 3 rings (SSSR count). The summed E-state index contributed by atoms with van der Waals surface area (Å²) in [6.45, 7) is 9.52. The SMILES string of the molecule is Cc1cc(C)cc(C2(C(C)C#N)CCN(Cc3ccccc3)CC2)c1. The Hall–Kier alpha value is -2.11. The molecular weight excluding hydrogens is 304 g/mol. The number of nitriles is 1. The first-order valence-electron chi connectivity index (χ1n) is 9.28. The average molecular weight is 332 g/mol. The first-order chi connectivity index (χ1) is 12.0. The summed E-state index contributed by atoms with van der Waals surface area (Å²) in [5.74, 6) is 0.0348. The summed E-state index contributed by atoms with van der Waals surface area (Å²) >= 11 is 0. The van der Waals surface area contributed by atoms with Crippen molar-refractivity contribution in [1.29, 1.82) is 5.26 Å². The summed E-state index contributed by atoms with van der Waals surface area (Å²) in [6.07, 6.45) is 2.11. The average Bonchev–Trinajstić information content (AvgIpc) is 2.62. The van der Waals surface area contributed by atoms with Gasteiger partial charge in [0.2, 0.25) is 0 Å². The maximum Gasteiger partial charge on any atom is 0.0662 e. The van der Waals surface area contributed by atoms with Gasteiger partial charge in [-0.3, -0.25) is 4.90 Å². The van der Waals surface area contributed by atoms with E-state index < -0.39 is 0 Å². The lowest BCUT2D eigenvalue weighted by Crippen LogP contribution is -2.45. The molecule has 130 valence electrons. The number of nitrogens with zero attached hydrogens (tertiary/aromatic N) is 2. The summed E-state index contributed by atoms with van der Waals surface area (Å²) < 4.78 is 0. The second-order valence-electron chi connectivity index (χ2n) is 7.65. The number of aryl methyl sites for hydroxylation is 2. The third-order valence-electron chi connectivity index (χ3n) is 5.82. The van der Waals surface area contributed by atoms with Gasteiger partial charge >= 0.3 is 0 Å². The first kappa shape index (κ1) is 17.7. The highest BCUT2D eigenvalue weighted by Crippen LogP contribution is 2.42. The molecule has 0 amide bonds. The molecule has 1 aliphatic rings. The zero-order valence-electron chi connectivity index (χ0n) is 15.6. The Balaban J connectivity index is 1.81. The molecule has 1 aliphatic heterocycles. The molecule has 0 radical (unpaired) electrons. The molecule has 0 aliphatic carbocycles. The van der Waals surface area contributed by atoms with Crippen LogP contribution < -0.4 is 0 Å². The third-order valence-corrected chi connectivity index (χ3v) is 5.82. The molecule has 2 aromatic carbocycles. The van der Waals surface area contributed by atoms with Crippen molar-refractivity contribution >= 4 is 0 Å². The van der Waals surface area contributed by atoms with Crippen molar-refractivity contribution in [2.75, 3.05) is 13.1 Å². The zero-order valence-corrected chi connectivity index (χ0v) is 15.6. The van der Waals surface area contributed by atoms with Crippen molar-refractivity contribution in [3.63, 3.8) is 0 Å². The lowest BCUT2D eigenvalue weighted by atomic mass is 9.65. The molecule has 1 heterocycles. The standard InChI is InChI=1S/C23H28N2/c1-18-13-19(2)15-22(14-18)23(20(3)16-24)9-11-25(12-10-23)17-21-7-5-4-6-8-21/h4-8,13-15,20H,9-12,17H2,1-3H3. The third kappa shape index (κ3) is 3.78.